The van der Waals surface area contributed by atoms with Crippen molar-refractivity contribution in [2.24, 2.45) is 29.4 Å². The van der Waals surface area contributed by atoms with E-state index >= 15 is 0 Å². The van der Waals surface area contributed by atoms with Crippen LogP contribution in [0.15, 0.2) is 0 Å². The number of fused-ring (bicyclic) bond motifs is 5. The van der Waals surface area contributed by atoms with Crippen LogP contribution in [0.1, 0.15) is 38.5 Å². The molecule has 0 aromatic rings. The van der Waals surface area contributed by atoms with Crippen molar-refractivity contribution in [3.63, 3.8) is 0 Å². The molecule has 0 spiro atoms. The predicted octanol–water partition coefficient (Wildman–Crippen LogP) is 0.729. The summed E-state index contributed by atoms with van der Waals surface area (Å²) in [7, 11) is 0. The minimum absolute atomic E-state index is 0.233. The fraction of sp³-hybridized carbons (Fsp3) is 0.857. The number of nitrogens with two attached hydrogens (primary N) is 1. The van der Waals surface area contributed by atoms with Crippen LogP contribution < -0.4 is 11.1 Å². The molecule has 6 atom stereocenters. The molecule has 106 valence electrons. The number of carboxylic acids is 1. The topological polar surface area (TPSA) is 92.4 Å². The SMILES string of the molecule is NC(CC(=O)O)C(=O)NC1CC2CC1C1CCCC21. The Labute approximate surface area is 112 Å². The summed E-state index contributed by atoms with van der Waals surface area (Å²) in [6.45, 7) is 0. The maximum atomic E-state index is 11.9. The van der Waals surface area contributed by atoms with E-state index in [-0.39, 0.29) is 18.4 Å². The third-order valence-corrected chi connectivity index (χ3v) is 5.49. The maximum Gasteiger partial charge on any atom is 0.305 e. The Kier molecular flexibility index (Phi) is 3.25. The third-order valence-electron chi connectivity index (χ3n) is 5.49. The van der Waals surface area contributed by atoms with Gasteiger partial charge in [-0.15, -0.1) is 0 Å². The molecule has 0 heterocycles. The Bertz CT molecular complexity index is 398. The predicted molar refractivity (Wildman–Crippen MR) is 69.2 cm³/mol. The molecule has 0 saturated heterocycles. The lowest BCUT2D eigenvalue weighted by molar-refractivity contribution is -0.139. The number of carbonyl (C=O) groups excluding carboxylic acids is 1. The van der Waals surface area contributed by atoms with E-state index in [4.69, 9.17) is 10.8 Å². The van der Waals surface area contributed by atoms with Gasteiger partial charge in [0.1, 0.15) is 0 Å². The van der Waals surface area contributed by atoms with Crippen LogP contribution in [-0.4, -0.2) is 29.1 Å². The van der Waals surface area contributed by atoms with Gasteiger partial charge in [0.2, 0.25) is 5.91 Å². The average Bonchev–Trinajstić information content (AvgIpc) is 2.98. The van der Waals surface area contributed by atoms with E-state index in [9.17, 15) is 9.59 Å². The number of carbonyl (C=O) groups is 2. The first-order chi connectivity index (χ1) is 9.06. The first-order valence-corrected chi connectivity index (χ1v) is 7.34. The number of carboxylic acid groups (broad SMARTS) is 1. The molecule has 0 radical (unpaired) electrons. The van der Waals surface area contributed by atoms with Crippen LogP contribution in [0, 0.1) is 23.7 Å². The summed E-state index contributed by atoms with van der Waals surface area (Å²) < 4.78 is 0. The van der Waals surface area contributed by atoms with Crippen molar-refractivity contribution in [3.8, 4) is 0 Å². The highest BCUT2D eigenvalue weighted by atomic mass is 16.4. The van der Waals surface area contributed by atoms with Crippen LogP contribution in [0.2, 0.25) is 0 Å². The lowest BCUT2D eigenvalue weighted by atomic mass is 9.79. The smallest absolute Gasteiger partial charge is 0.305 e. The summed E-state index contributed by atoms with van der Waals surface area (Å²) in [4.78, 5) is 22.5. The van der Waals surface area contributed by atoms with E-state index in [0.29, 0.717) is 5.92 Å². The first kappa shape index (κ1) is 12.9. The molecule has 4 N–H and O–H groups in total. The minimum Gasteiger partial charge on any atom is -0.481 e. The van der Waals surface area contributed by atoms with Crippen molar-refractivity contribution in [1.29, 1.82) is 0 Å². The molecular formula is C14H22N2O3. The van der Waals surface area contributed by atoms with Gasteiger partial charge in [0.25, 0.3) is 0 Å². The minimum atomic E-state index is -1.02. The fourth-order valence-corrected chi connectivity index (χ4v) is 4.80. The Balaban J connectivity index is 1.57. The molecule has 5 heteroatoms. The molecule has 3 rings (SSSR count). The molecule has 3 saturated carbocycles. The molecule has 1 amide bonds. The van der Waals surface area contributed by atoms with E-state index in [0.717, 1.165) is 24.2 Å². The highest BCUT2D eigenvalue weighted by Gasteiger charge is 2.54. The summed E-state index contributed by atoms with van der Waals surface area (Å²) in [5.74, 6) is 1.75. The summed E-state index contributed by atoms with van der Waals surface area (Å²) in [6.07, 6.45) is 6.02. The molecule has 0 aromatic heterocycles. The van der Waals surface area contributed by atoms with Crippen molar-refractivity contribution >= 4 is 11.9 Å². The highest BCUT2D eigenvalue weighted by molar-refractivity contribution is 5.86. The van der Waals surface area contributed by atoms with Gasteiger partial charge in [-0.1, -0.05) is 6.42 Å². The van der Waals surface area contributed by atoms with Crippen LogP contribution in [0.5, 0.6) is 0 Å². The number of rotatable bonds is 4. The Hall–Kier alpha value is -1.10. The molecular weight excluding hydrogens is 244 g/mol. The third kappa shape index (κ3) is 2.24. The molecule has 0 aliphatic heterocycles. The van der Waals surface area contributed by atoms with Crippen LogP contribution in [0.3, 0.4) is 0 Å². The zero-order valence-corrected chi connectivity index (χ0v) is 11.0. The molecule has 19 heavy (non-hydrogen) atoms. The number of hydrogen-bond acceptors (Lipinski definition) is 3. The summed E-state index contributed by atoms with van der Waals surface area (Å²) in [5.41, 5.74) is 5.61. The Morgan fingerprint density at radius 2 is 1.95 bits per heavy atom. The van der Waals surface area contributed by atoms with Crippen LogP contribution in [0.25, 0.3) is 0 Å². The standard InChI is InChI=1S/C14H22N2O3/c15-11(6-13(17)18)14(19)16-12-5-7-4-10(12)9-3-1-2-8(7)9/h7-12H,1-6,15H2,(H,16,19)(H,17,18). The second kappa shape index (κ2) is 4.78. The summed E-state index contributed by atoms with van der Waals surface area (Å²) >= 11 is 0. The fourth-order valence-electron chi connectivity index (χ4n) is 4.80. The van der Waals surface area contributed by atoms with Gasteiger partial charge in [-0.25, -0.2) is 0 Å². The van der Waals surface area contributed by atoms with E-state index in [2.05, 4.69) is 5.32 Å². The van der Waals surface area contributed by atoms with E-state index in [1.165, 1.54) is 25.7 Å². The molecule has 3 aliphatic carbocycles. The molecule has 0 aromatic carbocycles. The van der Waals surface area contributed by atoms with Gasteiger partial charge in [0.05, 0.1) is 12.5 Å². The first-order valence-electron chi connectivity index (χ1n) is 7.34. The number of nitrogens with one attached hydrogen (secondary N) is 1. The number of hydrogen-bond donors (Lipinski definition) is 3. The van der Waals surface area contributed by atoms with Crippen molar-refractivity contribution in [2.75, 3.05) is 0 Å². The Morgan fingerprint density at radius 1 is 1.21 bits per heavy atom. The molecule has 2 bridgehead atoms. The molecule has 6 unspecified atom stereocenters. The van der Waals surface area contributed by atoms with E-state index in [1.807, 2.05) is 0 Å². The van der Waals surface area contributed by atoms with Crippen molar-refractivity contribution in [1.82, 2.24) is 5.32 Å². The van der Waals surface area contributed by atoms with Crippen molar-refractivity contribution < 1.29 is 14.7 Å². The average molecular weight is 266 g/mol. The number of aliphatic carboxylic acids is 1. The highest BCUT2D eigenvalue weighted by Crippen LogP contribution is 2.58. The van der Waals surface area contributed by atoms with Crippen molar-refractivity contribution in [3.05, 3.63) is 0 Å². The van der Waals surface area contributed by atoms with E-state index < -0.39 is 12.0 Å². The quantitative estimate of drug-likeness (QED) is 0.699. The summed E-state index contributed by atoms with van der Waals surface area (Å²) in [6, 6.07) is -0.687. The van der Waals surface area contributed by atoms with E-state index in [1.54, 1.807) is 0 Å². The number of amides is 1. The van der Waals surface area contributed by atoms with Gasteiger partial charge in [0.15, 0.2) is 0 Å². The van der Waals surface area contributed by atoms with Gasteiger partial charge >= 0.3 is 5.97 Å². The molecule has 3 fully saturated rings. The van der Waals surface area contributed by atoms with Crippen LogP contribution in [0.4, 0.5) is 0 Å². The molecule has 3 aliphatic rings. The second-order valence-corrected chi connectivity index (χ2v) is 6.47. The van der Waals surface area contributed by atoms with Gasteiger partial charge < -0.3 is 16.2 Å². The lowest BCUT2D eigenvalue weighted by Crippen LogP contribution is -2.49. The lowest BCUT2D eigenvalue weighted by Gasteiger charge is -2.32. The Morgan fingerprint density at radius 3 is 2.68 bits per heavy atom. The van der Waals surface area contributed by atoms with Gasteiger partial charge in [0, 0.05) is 6.04 Å². The van der Waals surface area contributed by atoms with Gasteiger partial charge in [-0.05, 0) is 49.4 Å². The largest absolute Gasteiger partial charge is 0.481 e. The van der Waals surface area contributed by atoms with Crippen molar-refractivity contribution in [2.45, 2.75) is 50.6 Å². The van der Waals surface area contributed by atoms with Gasteiger partial charge in [-0.2, -0.15) is 0 Å². The maximum absolute atomic E-state index is 11.9. The molecule has 5 nitrogen and oxygen atoms in total. The second-order valence-electron chi connectivity index (χ2n) is 6.47. The van der Waals surface area contributed by atoms with Gasteiger partial charge in [-0.3, -0.25) is 9.59 Å². The monoisotopic (exact) mass is 266 g/mol. The zero-order valence-electron chi connectivity index (χ0n) is 11.0. The normalized spacial score (nSPS) is 41.0. The van der Waals surface area contributed by atoms with Crippen LogP contribution >= 0.6 is 0 Å². The zero-order chi connectivity index (χ0) is 13.6. The summed E-state index contributed by atoms with van der Waals surface area (Å²) in [5, 5.41) is 11.7. The van der Waals surface area contributed by atoms with Crippen LogP contribution in [-0.2, 0) is 9.59 Å².